The van der Waals surface area contributed by atoms with Crippen molar-refractivity contribution in [2.75, 3.05) is 0 Å². The molecule has 0 unspecified atom stereocenters. The molecule has 0 amide bonds. The average molecular weight is 220 g/mol. The largest absolute Gasteiger partial charge is 0.508 e. The van der Waals surface area contributed by atoms with Crippen molar-refractivity contribution < 1.29 is 5.11 Å². The van der Waals surface area contributed by atoms with Crippen molar-refractivity contribution in [3.63, 3.8) is 0 Å². The van der Waals surface area contributed by atoms with Gasteiger partial charge in [-0.1, -0.05) is 54.6 Å². The lowest BCUT2D eigenvalue weighted by atomic mass is 9.98. The molecule has 0 saturated heterocycles. The lowest BCUT2D eigenvalue weighted by Crippen LogP contribution is -1.80. The Hall–Kier alpha value is -2.28. The number of rotatable bonds is 1. The molecule has 0 radical (unpaired) electrons. The van der Waals surface area contributed by atoms with Crippen molar-refractivity contribution in [2.45, 2.75) is 0 Å². The molecule has 0 spiro atoms. The summed E-state index contributed by atoms with van der Waals surface area (Å²) in [5.74, 6) is 0.308. The number of phenolic OH excluding ortho intramolecular Hbond substituents is 1. The predicted molar refractivity (Wildman–Crippen MR) is 71.0 cm³/mol. The van der Waals surface area contributed by atoms with E-state index in [1.54, 1.807) is 12.1 Å². The summed E-state index contributed by atoms with van der Waals surface area (Å²) in [4.78, 5) is 0. The van der Waals surface area contributed by atoms with Crippen LogP contribution >= 0.6 is 0 Å². The van der Waals surface area contributed by atoms with Crippen LogP contribution in [0.5, 0.6) is 5.75 Å². The molecule has 17 heavy (non-hydrogen) atoms. The van der Waals surface area contributed by atoms with Crippen molar-refractivity contribution in [1.29, 1.82) is 0 Å². The van der Waals surface area contributed by atoms with E-state index < -0.39 is 0 Å². The summed E-state index contributed by atoms with van der Waals surface area (Å²) in [7, 11) is 0. The average Bonchev–Trinajstić information content (AvgIpc) is 2.39. The summed E-state index contributed by atoms with van der Waals surface area (Å²) in [6.07, 6.45) is 0. The number of hydrogen-bond donors (Lipinski definition) is 1. The van der Waals surface area contributed by atoms with E-state index in [4.69, 9.17) is 0 Å². The molecule has 1 N–H and O–H groups in total. The predicted octanol–water partition coefficient (Wildman–Crippen LogP) is 4.21. The fraction of sp³-hybridized carbons (Fsp3) is 0. The van der Waals surface area contributed by atoms with Crippen LogP contribution in [0.25, 0.3) is 21.9 Å². The molecular weight excluding hydrogens is 208 g/mol. The first-order valence-electron chi connectivity index (χ1n) is 5.62. The lowest BCUT2D eigenvalue weighted by Gasteiger charge is -2.07. The Morgan fingerprint density at radius 1 is 0.706 bits per heavy atom. The molecule has 0 bridgehead atoms. The molecule has 3 rings (SSSR count). The van der Waals surface area contributed by atoms with Gasteiger partial charge >= 0.3 is 0 Å². The van der Waals surface area contributed by atoms with Gasteiger partial charge in [0.25, 0.3) is 0 Å². The molecule has 1 nitrogen and oxygen atoms in total. The first kappa shape index (κ1) is 9.91. The Labute approximate surface area is 100.0 Å². The highest BCUT2D eigenvalue weighted by atomic mass is 16.3. The van der Waals surface area contributed by atoms with Gasteiger partial charge in [-0.15, -0.1) is 0 Å². The molecule has 0 aliphatic heterocycles. The van der Waals surface area contributed by atoms with Crippen LogP contribution in [0.4, 0.5) is 0 Å². The molecule has 0 aromatic heterocycles. The van der Waals surface area contributed by atoms with E-state index >= 15 is 0 Å². The van der Waals surface area contributed by atoms with Crippen LogP contribution in [0.2, 0.25) is 0 Å². The third-order valence-electron chi connectivity index (χ3n) is 2.95. The van der Waals surface area contributed by atoms with Gasteiger partial charge in [-0.2, -0.15) is 0 Å². The molecule has 0 aliphatic carbocycles. The Morgan fingerprint density at radius 2 is 1.53 bits per heavy atom. The summed E-state index contributed by atoms with van der Waals surface area (Å²) >= 11 is 0. The van der Waals surface area contributed by atoms with Crippen molar-refractivity contribution in [1.82, 2.24) is 0 Å². The lowest BCUT2D eigenvalue weighted by molar-refractivity contribution is 0.476. The van der Waals surface area contributed by atoms with Crippen LogP contribution in [0, 0.1) is 0 Å². The Kier molecular flexibility index (Phi) is 2.30. The van der Waals surface area contributed by atoms with Crippen LogP contribution in [0.1, 0.15) is 0 Å². The Balaban J connectivity index is 2.31. The second-order valence-corrected chi connectivity index (χ2v) is 4.08. The molecule has 3 aromatic rings. The summed E-state index contributed by atoms with van der Waals surface area (Å²) < 4.78 is 0. The minimum atomic E-state index is 0.308. The van der Waals surface area contributed by atoms with Crippen molar-refractivity contribution in [3.05, 3.63) is 66.7 Å². The van der Waals surface area contributed by atoms with Crippen molar-refractivity contribution >= 4 is 10.8 Å². The van der Waals surface area contributed by atoms with Crippen LogP contribution < -0.4 is 0 Å². The molecule has 0 heterocycles. The number of benzene rings is 3. The number of fused-ring (bicyclic) bond motifs is 1. The normalized spacial score (nSPS) is 10.6. The SMILES string of the molecule is Oc1ccc2c(-c3ccccc3)cccc2c1. The minimum Gasteiger partial charge on any atom is -0.508 e. The highest BCUT2D eigenvalue weighted by Crippen LogP contribution is 2.30. The van der Waals surface area contributed by atoms with E-state index in [0.29, 0.717) is 5.75 Å². The number of aromatic hydroxyl groups is 1. The van der Waals surface area contributed by atoms with E-state index in [0.717, 1.165) is 10.8 Å². The summed E-state index contributed by atoms with van der Waals surface area (Å²) in [5.41, 5.74) is 2.40. The Morgan fingerprint density at radius 3 is 2.35 bits per heavy atom. The van der Waals surface area contributed by atoms with Gasteiger partial charge in [-0.3, -0.25) is 0 Å². The fourth-order valence-electron chi connectivity index (χ4n) is 2.14. The minimum absolute atomic E-state index is 0.308. The molecule has 0 fully saturated rings. The second-order valence-electron chi connectivity index (χ2n) is 4.08. The zero-order valence-electron chi connectivity index (χ0n) is 9.30. The fourth-order valence-corrected chi connectivity index (χ4v) is 2.14. The monoisotopic (exact) mass is 220 g/mol. The van der Waals surface area contributed by atoms with E-state index in [1.807, 2.05) is 36.4 Å². The van der Waals surface area contributed by atoms with Gasteiger partial charge in [-0.25, -0.2) is 0 Å². The number of phenols is 1. The third kappa shape index (κ3) is 1.76. The van der Waals surface area contributed by atoms with Crippen molar-refractivity contribution in [3.8, 4) is 16.9 Å². The highest BCUT2D eigenvalue weighted by Gasteiger charge is 2.03. The summed E-state index contributed by atoms with van der Waals surface area (Å²) in [6.45, 7) is 0. The molecular formula is C16H12O. The smallest absolute Gasteiger partial charge is 0.116 e. The Bertz CT molecular complexity index is 657. The first-order valence-corrected chi connectivity index (χ1v) is 5.62. The molecule has 3 aromatic carbocycles. The van der Waals surface area contributed by atoms with Gasteiger partial charge in [0.05, 0.1) is 0 Å². The van der Waals surface area contributed by atoms with E-state index in [9.17, 15) is 5.11 Å². The zero-order valence-corrected chi connectivity index (χ0v) is 9.30. The van der Waals surface area contributed by atoms with Gasteiger partial charge < -0.3 is 5.11 Å². The topological polar surface area (TPSA) is 20.2 Å². The summed E-state index contributed by atoms with van der Waals surface area (Å²) in [5, 5.41) is 11.7. The molecule has 0 saturated carbocycles. The van der Waals surface area contributed by atoms with Crippen LogP contribution in [0.3, 0.4) is 0 Å². The second kappa shape index (κ2) is 3.95. The molecule has 1 heteroatoms. The molecule has 0 atom stereocenters. The maximum atomic E-state index is 9.49. The number of hydrogen-bond acceptors (Lipinski definition) is 1. The first-order chi connectivity index (χ1) is 8.34. The van der Waals surface area contributed by atoms with Crippen molar-refractivity contribution in [2.24, 2.45) is 0 Å². The summed E-state index contributed by atoms with van der Waals surface area (Å²) in [6, 6.07) is 21.9. The quantitative estimate of drug-likeness (QED) is 0.651. The molecule has 82 valence electrons. The maximum Gasteiger partial charge on any atom is 0.116 e. The highest BCUT2D eigenvalue weighted by molar-refractivity contribution is 5.97. The van der Waals surface area contributed by atoms with Gasteiger partial charge in [0.1, 0.15) is 5.75 Å². The van der Waals surface area contributed by atoms with E-state index in [-0.39, 0.29) is 0 Å². The zero-order chi connectivity index (χ0) is 11.7. The van der Waals surface area contributed by atoms with E-state index in [2.05, 4.69) is 18.2 Å². The van der Waals surface area contributed by atoms with Gasteiger partial charge in [-0.05, 0) is 34.0 Å². The van der Waals surface area contributed by atoms with Crippen LogP contribution in [-0.2, 0) is 0 Å². The molecule has 0 aliphatic rings. The van der Waals surface area contributed by atoms with Gasteiger partial charge in [0.2, 0.25) is 0 Å². The maximum absolute atomic E-state index is 9.49. The van der Waals surface area contributed by atoms with Gasteiger partial charge in [0.15, 0.2) is 0 Å². The van der Waals surface area contributed by atoms with Gasteiger partial charge in [0, 0.05) is 0 Å². The van der Waals surface area contributed by atoms with Crippen LogP contribution in [0.15, 0.2) is 66.7 Å². The van der Waals surface area contributed by atoms with Crippen LogP contribution in [-0.4, -0.2) is 5.11 Å². The van der Waals surface area contributed by atoms with E-state index in [1.165, 1.54) is 11.1 Å². The standard InChI is InChI=1S/C16H12O/c17-14-9-10-16-13(11-14)7-4-8-15(16)12-5-2-1-3-6-12/h1-11,17H. The third-order valence-corrected chi connectivity index (χ3v) is 2.95.